The Labute approximate surface area is 87.4 Å². The number of hydrogen-bond acceptors (Lipinski definition) is 4. The molecule has 0 fully saturated rings. The molecule has 1 aromatic heterocycles. The number of nitriles is 1. The minimum Gasteiger partial charge on any atom is -0.392 e. The van der Waals surface area contributed by atoms with Gasteiger partial charge in [-0.25, -0.2) is 4.98 Å². The molecule has 0 bridgehead atoms. The molecule has 5 heteroatoms. The number of aliphatic hydroxyl groups is 1. The third-order valence-electron chi connectivity index (χ3n) is 1.68. The highest BCUT2D eigenvalue weighted by Gasteiger charge is 2.07. The molecule has 0 radical (unpaired) electrons. The molecule has 0 aliphatic heterocycles. The monoisotopic (exact) mass is 205 g/mol. The molecule has 0 saturated heterocycles. The zero-order valence-electron chi connectivity index (χ0n) is 8.27. The predicted octanol–water partition coefficient (Wildman–Crippen LogP) is 0.0639. The summed E-state index contributed by atoms with van der Waals surface area (Å²) in [7, 11) is 0. The van der Waals surface area contributed by atoms with E-state index in [2.05, 4.69) is 10.3 Å². The number of aliphatic hydroxyl groups excluding tert-OH is 1. The van der Waals surface area contributed by atoms with Gasteiger partial charge in [-0.2, -0.15) is 5.26 Å². The lowest BCUT2D eigenvalue weighted by molar-refractivity contribution is 0.0919. The van der Waals surface area contributed by atoms with Crippen molar-refractivity contribution in [3.05, 3.63) is 29.6 Å². The normalized spacial score (nSPS) is 11.5. The second-order valence-electron chi connectivity index (χ2n) is 3.10. The second-order valence-corrected chi connectivity index (χ2v) is 3.10. The van der Waals surface area contributed by atoms with Gasteiger partial charge in [0, 0.05) is 12.7 Å². The van der Waals surface area contributed by atoms with Crippen molar-refractivity contribution in [2.24, 2.45) is 0 Å². The Morgan fingerprint density at radius 2 is 2.47 bits per heavy atom. The number of amides is 1. The fourth-order valence-corrected chi connectivity index (χ4v) is 0.925. The quantitative estimate of drug-likeness (QED) is 0.730. The smallest absolute Gasteiger partial charge is 0.269 e. The molecule has 0 saturated carbocycles. The third kappa shape index (κ3) is 3.37. The molecule has 1 atom stereocenters. The first-order valence-corrected chi connectivity index (χ1v) is 4.46. The molecule has 15 heavy (non-hydrogen) atoms. The van der Waals surface area contributed by atoms with Gasteiger partial charge in [-0.15, -0.1) is 0 Å². The summed E-state index contributed by atoms with van der Waals surface area (Å²) in [6.45, 7) is 1.76. The van der Waals surface area contributed by atoms with Crippen molar-refractivity contribution in [3.63, 3.8) is 0 Å². The third-order valence-corrected chi connectivity index (χ3v) is 1.68. The largest absolute Gasteiger partial charge is 0.392 e. The van der Waals surface area contributed by atoms with Gasteiger partial charge in [0.2, 0.25) is 0 Å². The van der Waals surface area contributed by atoms with Gasteiger partial charge >= 0.3 is 0 Å². The van der Waals surface area contributed by atoms with Crippen LogP contribution in [-0.2, 0) is 0 Å². The number of carbonyl (C=O) groups excluding carboxylic acids is 1. The van der Waals surface area contributed by atoms with Crippen LogP contribution in [0.1, 0.15) is 23.0 Å². The summed E-state index contributed by atoms with van der Waals surface area (Å²) in [4.78, 5) is 15.2. The van der Waals surface area contributed by atoms with Gasteiger partial charge in [-0.3, -0.25) is 4.79 Å². The Morgan fingerprint density at radius 3 is 2.93 bits per heavy atom. The van der Waals surface area contributed by atoms with Crippen molar-refractivity contribution in [1.29, 1.82) is 5.26 Å². The second kappa shape index (κ2) is 5.08. The number of pyridine rings is 1. The Kier molecular flexibility index (Phi) is 3.77. The highest BCUT2D eigenvalue weighted by molar-refractivity contribution is 5.92. The summed E-state index contributed by atoms with van der Waals surface area (Å²) in [6, 6.07) is 4.90. The number of nitrogens with zero attached hydrogens (tertiary/aromatic N) is 2. The number of carbonyl (C=O) groups is 1. The summed E-state index contributed by atoms with van der Waals surface area (Å²) in [6.07, 6.45) is 0.740. The summed E-state index contributed by atoms with van der Waals surface area (Å²) in [5.74, 6) is -0.361. The van der Waals surface area contributed by atoms with Crippen molar-refractivity contribution >= 4 is 5.91 Å². The van der Waals surface area contributed by atoms with Crippen LogP contribution in [0.3, 0.4) is 0 Å². The molecule has 0 aromatic carbocycles. The molecular weight excluding hydrogens is 194 g/mol. The van der Waals surface area contributed by atoms with E-state index >= 15 is 0 Å². The van der Waals surface area contributed by atoms with Crippen LogP contribution in [0.2, 0.25) is 0 Å². The zero-order valence-corrected chi connectivity index (χ0v) is 8.27. The van der Waals surface area contributed by atoms with Gasteiger partial charge in [0.05, 0.1) is 11.7 Å². The van der Waals surface area contributed by atoms with Crippen molar-refractivity contribution in [2.45, 2.75) is 13.0 Å². The summed E-state index contributed by atoms with van der Waals surface area (Å²) in [5.41, 5.74) is 0.636. The van der Waals surface area contributed by atoms with Crippen molar-refractivity contribution in [3.8, 4) is 6.07 Å². The van der Waals surface area contributed by atoms with E-state index in [9.17, 15) is 4.79 Å². The lowest BCUT2D eigenvalue weighted by Crippen LogP contribution is -2.31. The Bertz CT molecular complexity index is 379. The van der Waals surface area contributed by atoms with Gasteiger partial charge in [0.25, 0.3) is 5.91 Å². The Hall–Kier alpha value is -1.93. The van der Waals surface area contributed by atoms with E-state index in [-0.39, 0.29) is 18.1 Å². The maximum absolute atomic E-state index is 11.4. The van der Waals surface area contributed by atoms with Crippen LogP contribution in [-0.4, -0.2) is 28.6 Å². The average Bonchev–Trinajstić information content (AvgIpc) is 2.26. The molecule has 1 unspecified atom stereocenters. The molecule has 0 aliphatic rings. The van der Waals surface area contributed by atoms with Crippen LogP contribution in [0.25, 0.3) is 0 Å². The molecule has 0 spiro atoms. The van der Waals surface area contributed by atoms with Crippen LogP contribution in [0.4, 0.5) is 0 Å². The Morgan fingerprint density at radius 1 is 1.73 bits per heavy atom. The van der Waals surface area contributed by atoms with E-state index in [4.69, 9.17) is 10.4 Å². The standard InChI is InChI=1S/C10H11N3O2/c1-7(14)5-13-10(15)9-3-2-8(4-11)6-12-9/h2-3,6-7,14H,5H2,1H3,(H,13,15). The van der Waals surface area contributed by atoms with Crippen molar-refractivity contribution < 1.29 is 9.90 Å². The first-order chi connectivity index (χ1) is 7.13. The summed E-state index contributed by atoms with van der Waals surface area (Å²) >= 11 is 0. The number of nitrogens with one attached hydrogen (secondary N) is 1. The highest BCUT2D eigenvalue weighted by atomic mass is 16.3. The number of rotatable bonds is 3. The topological polar surface area (TPSA) is 86.0 Å². The maximum atomic E-state index is 11.4. The van der Waals surface area contributed by atoms with E-state index < -0.39 is 6.10 Å². The molecule has 1 amide bonds. The van der Waals surface area contributed by atoms with E-state index in [1.165, 1.54) is 18.3 Å². The zero-order chi connectivity index (χ0) is 11.3. The molecule has 1 rings (SSSR count). The molecular formula is C10H11N3O2. The maximum Gasteiger partial charge on any atom is 0.269 e. The van der Waals surface area contributed by atoms with Crippen molar-refractivity contribution in [2.75, 3.05) is 6.54 Å². The predicted molar refractivity (Wildman–Crippen MR) is 53.0 cm³/mol. The molecule has 78 valence electrons. The SMILES string of the molecule is CC(O)CNC(=O)c1ccc(C#N)cn1. The summed E-state index contributed by atoms with van der Waals surface area (Å²) < 4.78 is 0. The lowest BCUT2D eigenvalue weighted by atomic mass is 10.2. The minimum absolute atomic E-state index is 0.181. The molecule has 1 aromatic rings. The molecule has 2 N–H and O–H groups in total. The number of aromatic nitrogens is 1. The summed E-state index contributed by atoms with van der Waals surface area (Å²) in [5, 5.41) is 20.0. The molecule has 5 nitrogen and oxygen atoms in total. The minimum atomic E-state index is -0.590. The molecule has 0 aliphatic carbocycles. The Balaban J connectivity index is 2.63. The van der Waals surface area contributed by atoms with Gasteiger partial charge in [-0.05, 0) is 19.1 Å². The fraction of sp³-hybridized carbons (Fsp3) is 0.300. The van der Waals surface area contributed by atoms with E-state index in [0.29, 0.717) is 5.56 Å². The van der Waals surface area contributed by atoms with Gasteiger partial charge in [0.1, 0.15) is 11.8 Å². The number of hydrogen-bond donors (Lipinski definition) is 2. The van der Waals surface area contributed by atoms with Gasteiger partial charge in [-0.1, -0.05) is 0 Å². The first kappa shape index (κ1) is 11.1. The highest BCUT2D eigenvalue weighted by Crippen LogP contribution is 1.98. The first-order valence-electron chi connectivity index (χ1n) is 4.46. The average molecular weight is 205 g/mol. The van der Waals surface area contributed by atoms with E-state index in [0.717, 1.165) is 0 Å². The lowest BCUT2D eigenvalue weighted by Gasteiger charge is -2.05. The van der Waals surface area contributed by atoms with Crippen LogP contribution in [0.5, 0.6) is 0 Å². The van der Waals surface area contributed by atoms with E-state index in [1.807, 2.05) is 6.07 Å². The fourth-order valence-electron chi connectivity index (χ4n) is 0.925. The van der Waals surface area contributed by atoms with Crippen LogP contribution in [0.15, 0.2) is 18.3 Å². The van der Waals surface area contributed by atoms with Gasteiger partial charge < -0.3 is 10.4 Å². The van der Waals surface area contributed by atoms with Crippen LogP contribution < -0.4 is 5.32 Å². The molecule has 1 heterocycles. The van der Waals surface area contributed by atoms with Crippen molar-refractivity contribution in [1.82, 2.24) is 10.3 Å². The van der Waals surface area contributed by atoms with Crippen LogP contribution in [0, 0.1) is 11.3 Å². The van der Waals surface area contributed by atoms with Crippen LogP contribution >= 0.6 is 0 Å². The van der Waals surface area contributed by atoms with Gasteiger partial charge in [0.15, 0.2) is 0 Å². The van der Waals surface area contributed by atoms with E-state index in [1.54, 1.807) is 6.92 Å².